The minimum absolute atomic E-state index is 0.189. The number of H-pyrrole nitrogens is 1. The molecule has 0 saturated heterocycles. The number of hydrogen-bond acceptors (Lipinski definition) is 7. The van der Waals surface area contributed by atoms with Gasteiger partial charge in [0.15, 0.2) is 5.69 Å². The van der Waals surface area contributed by atoms with Crippen molar-refractivity contribution in [3.63, 3.8) is 0 Å². The third-order valence-corrected chi connectivity index (χ3v) is 6.25. The Balaban J connectivity index is 1.57. The first-order valence-corrected chi connectivity index (χ1v) is 12.2. The first-order valence-electron chi connectivity index (χ1n) is 11.3. The Morgan fingerprint density at radius 1 is 0.944 bits per heavy atom. The highest BCUT2D eigenvalue weighted by Gasteiger charge is 2.19. The molecule has 0 aliphatic heterocycles. The van der Waals surface area contributed by atoms with E-state index in [0.717, 1.165) is 22.6 Å². The molecule has 180 valence electrons. The standard InChI is InChI=1S/C27H23N5O3S/c1-3-35-23-12-8-7-11-21(23)29-30-25-24(19-9-5-4-6-10-19)31-32(26(25)33)27-28-22(17-36-27)18-13-15-20(34-2)16-14-18/h4-17,31H,3H2,1-2H3. The van der Waals surface area contributed by atoms with Crippen molar-refractivity contribution in [3.05, 3.63) is 94.6 Å². The molecule has 0 atom stereocenters. The topological polar surface area (TPSA) is 93.9 Å². The van der Waals surface area contributed by atoms with E-state index in [9.17, 15) is 4.79 Å². The number of nitrogens with one attached hydrogen (secondary N) is 1. The molecule has 0 aliphatic carbocycles. The molecular weight excluding hydrogens is 474 g/mol. The molecule has 0 amide bonds. The number of azo groups is 1. The number of aromatic amines is 1. The molecule has 2 heterocycles. The lowest BCUT2D eigenvalue weighted by atomic mass is 10.1. The van der Waals surface area contributed by atoms with Crippen LogP contribution in [0.15, 0.2) is 99.3 Å². The van der Waals surface area contributed by atoms with E-state index in [2.05, 4.69) is 20.3 Å². The van der Waals surface area contributed by atoms with Crippen molar-refractivity contribution in [1.82, 2.24) is 14.8 Å². The third-order valence-electron chi connectivity index (χ3n) is 5.42. The summed E-state index contributed by atoms with van der Waals surface area (Å²) in [6.45, 7) is 2.40. The van der Waals surface area contributed by atoms with Gasteiger partial charge in [0, 0.05) is 16.5 Å². The molecule has 1 N–H and O–H groups in total. The molecule has 3 aromatic carbocycles. The van der Waals surface area contributed by atoms with Gasteiger partial charge in [-0.05, 0) is 43.3 Å². The zero-order chi connectivity index (χ0) is 24.9. The molecule has 0 radical (unpaired) electrons. The highest BCUT2D eigenvalue weighted by molar-refractivity contribution is 7.12. The molecule has 0 bridgehead atoms. The molecule has 2 aromatic heterocycles. The summed E-state index contributed by atoms with van der Waals surface area (Å²) in [5.41, 5.74) is 3.44. The number of thiazole rings is 1. The number of methoxy groups -OCH3 is 1. The van der Waals surface area contributed by atoms with Gasteiger partial charge in [0.05, 0.1) is 25.1 Å². The van der Waals surface area contributed by atoms with Crippen LogP contribution in [-0.4, -0.2) is 28.5 Å². The van der Waals surface area contributed by atoms with Gasteiger partial charge in [-0.1, -0.05) is 42.5 Å². The zero-order valence-corrected chi connectivity index (χ0v) is 20.5. The number of ether oxygens (including phenoxy) is 2. The summed E-state index contributed by atoms with van der Waals surface area (Å²) in [4.78, 5) is 18.2. The van der Waals surface area contributed by atoms with Crippen LogP contribution in [-0.2, 0) is 0 Å². The van der Waals surface area contributed by atoms with Gasteiger partial charge >= 0.3 is 5.56 Å². The van der Waals surface area contributed by atoms with Crippen LogP contribution in [0.1, 0.15) is 6.92 Å². The predicted octanol–water partition coefficient (Wildman–Crippen LogP) is 6.78. The summed E-state index contributed by atoms with van der Waals surface area (Å²) in [6, 6.07) is 24.5. The molecule has 5 rings (SSSR count). The first-order chi connectivity index (χ1) is 17.7. The molecule has 0 saturated carbocycles. The van der Waals surface area contributed by atoms with E-state index in [1.165, 1.54) is 16.0 Å². The summed E-state index contributed by atoms with van der Waals surface area (Å²) in [7, 11) is 1.63. The van der Waals surface area contributed by atoms with E-state index in [0.29, 0.717) is 28.9 Å². The number of aromatic nitrogens is 3. The van der Waals surface area contributed by atoms with Crippen LogP contribution in [0.25, 0.3) is 27.6 Å². The van der Waals surface area contributed by atoms with Gasteiger partial charge < -0.3 is 9.47 Å². The van der Waals surface area contributed by atoms with Gasteiger partial charge in [-0.25, -0.2) is 4.98 Å². The Bertz CT molecular complexity index is 1550. The fourth-order valence-corrected chi connectivity index (χ4v) is 4.44. The number of benzene rings is 3. The maximum absolute atomic E-state index is 13.5. The minimum atomic E-state index is -0.345. The molecule has 0 unspecified atom stereocenters. The lowest BCUT2D eigenvalue weighted by Crippen LogP contribution is -2.13. The van der Waals surface area contributed by atoms with Crippen LogP contribution in [0.4, 0.5) is 11.4 Å². The Morgan fingerprint density at radius 3 is 2.44 bits per heavy atom. The van der Waals surface area contributed by atoms with Crippen molar-refractivity contribution >= 4 is 22.7 Å². The van der Waals surface area contributed by atoms with Gasteiger partial charge in [0.1, 0.15) is 17.2 Å². The van der Waals surface area contributed by atoms with Crippen molar-refractivity contribution in [3.8, 4) is 39.1 Å². The summed E-state index contributed by atoms with van der Waals surface area (Å²) in [5.74, 6) is 1.37. The molecule has 0 spiro atoms. The van der Waals surface area contributed by atoms with Crippen molar-refractivity contribution in [2.45, 2.75) is 6.92 Å². The van der Waals surface area contributed by atoms with Crippen LogP contribution < -0.4 is 15.0 Å². The van der Waals surface area contributed by atoms with E-state index < -0.39 is 0 Å². The van der Waals surface area contributed by atoms with Crippen LogP contribution >= 0.6 is 11.3 Å². The average Bonchev–Trinajstić information content (AvgIpc) is 3.54. The van der Waals surface area contributed by atoms with Gasteiger partial charge in [-0.15, -0.1) is 21.6 Å². The Hall–Kier alpha value is -4.50. The van der Waals surface area contributed by atoms with Gasteiger partial charge in [-0.2, -0.15) is 4.68 Å². The summed E-state index contributed by atoms with van der Waals surface area (Å²) >= 11 is 1.36. The largest absolute Gasteiger partial charge is 0.497 e. The molecule has 36 heavy (non-hydrogen) atoms. The van der Waals surface area contributed by atoms with E-state index in [1.807, 2.05) is 85.1 Å². The van der Waals surface area contributed by atoms with E-state index >= 15 is 0 Å². The monoisotopic (exact) mass is 497 g/mol. The highest BCUT2D eigenvalue weighted by atomic mass is 32.1. The lowest BCUT2D eigenvalue weighted by Gasteiger charge is -2.04. The summed E-state index contributed by atoms with van der Waals surface area (Å²) in [6.07, 6.45) is 0. The molecular formula is C27H23N5O3S. The summed E-state index contributed by atoms with van der Waals surface area (Å²) < 4.78 is 12.3. The average molecular weight is 498 g/mol. The Morgan fingerprint density at radius 2 is 1.69 bits per heavy atom. The molecule has 9 heteroatoms. The second-order valence-corrected chi connectivity index (χ2v) is 8.52. The second kappa shape index (κ2) is 10.4. The van der Waals surface area contributed by atoms with Gasteiger partial charge in [-0.3, -0.25) is 9.89 Å². The minimum Gasteiger partial charge on any atom is -0.497 e. The van der Waals surface area contributed by atoms with Gasteiger partial charge in [0.25, 0.3) is 0 Å². The quantitative estimate of drug-likeness (QED) is 0.239. The SMILES string of the molecule is CCOc1ccccc1N=Nc1c(-c2ccccc2)[nH]n(-c2nc(-c3ccc(OC)cc3)cs2)c1=O. The van der Waals surface area contributed by atoms with Crippen LogP contribution in [0.5, 0.6) is 11.5 Å². The van der Waals surface area contributed by atoms with Crippen LogP contribution in [0, 0.1) is 0 Å². The maximum atomic E-state index is 13.5. The Labute approximate surface area is 211 Å². The maximum Gasteiger partial charge on any atom is 0.301 e. The molecule has 0 aliphatic rings. The van der Waals surface area contributed by atoms with Crippen molar-refractivity contribution in [1.29, 1.82) is 0 Å². The number of para-hydroxylation sites is 1. The molecule has 8 nitrogen and oxygen atoms in total. The lowest BCUT2D eigenvalue weighted by molar-refractivity contribution is 0.341. The van der Waals surface area contributed by atoms with E-state index in [4.69, 9.17) is 9.47 Å². The number of nitrogens with zero attached hydrogens (tertiary/aromatic N) is 4. The fraction of sp³-hybridized carbons (Fsp3) is 0.111. The van der Waals surface area contributed by atoms with Gasteiger partial charge in [0.2, 0.25) is 5.13 Å². The van der Waals surface area contributed by atoms with Crippen molar-refractivity contribution in [2.24, 2.45) is 10.2 Å². The predicted molar refractivity (Wildman–Crippen MR) is 141 cm³/mol. The number of hydrogen-bond donors (Lipinski definition) is 1. The summed E-state index contributed by atoms with van der Waals surface area (Å²) in [5, 5.41) is 14.3. The first kappa shape index (κ1) is 23.3. The fourth-order valence-electron chi connectivity index (χ4n) is 3.64. The Kier molecular flexibility index (Phi) is 6.72. The second-order valence-electron chi connectivity index (χ2n) is 7.69. The van der Waals surface area contributed by atoms with Crippen LogP contribution in [0.3, 0.4) is 0 Å². The van der Waals surface area contributed by atoms with E-state index in [-0.39, 0.29) is 11.2 Å². The zero-order valence-electron chi connectivity index (χ0n) is 19.7. The normalized spacial score (nSPS) is 11.2. The van der Waals surface area contributed by atoms with Crippen molar-refractivity contribution in [2.75, 3.05) is 13.7 Å². The molecule has 5 aromatic rings. The van der Waals surface area contributed by atoms with Crippen molar-refractivity contribution < 1.29 is 9.47 Å². The van der Waals surface area contributed by atoms with E-state index in [1.54, 1.807) is 13.2 Å². The van der Waals surface area contributed by atoms with Crippen LogP contribution in [0.2, 0.25) is 0 Å². The molecule has 0 fully saturated rings. The third kappa shape index (κ3) is 4.69. The number of rotatable bonds is 8. The smallest absolute Gasteiger partial charge is 0.301 e. The highest BCUT2D eigenvalue weighted by Crippen LogP contribution is 2.32.